The van der Waals surface area contributed by atoms with Gasteiger partial charge < -0.3 is 4.74 Å². The van der Waals surface area contributed by atoms with Crippen LogP contribution in [0.5, 0.6) is 0 Å². The maximum absolute atomic E-state index is 13.2. The minimum absolute atomic E-state index is 0.225. The van der Waals surface area contributed by atoms with Gasteiger partial charge in [-0.05, 0) is 38.5 Å². The zero-order valence-electron chi connectivity index (χ0n) is 16.7. The summed E-state index contributed by atoms with van der Waals surface area (Å²) in [6, 6.07) is 9.56. The number of halogens is 1. The second kappa shape index (κ2) is 8.04. The molecule has 0 amide bonds. The SMILES string of the molecule is CCOC(=O)c1sc2ncn(Cc3c(C)nn(-c4ccccc4)c3Cl)c(=O)c2c1C. The average molecular weight is 443 g/mol. The van der Waals surface area contributed by atoms with Crippen molar-refractivity contribution in [3.63, 3.8) is 0 Å². The first-order valence-electron chi connectivity index (χ1n) is 9.37. The third-order valence-corrected chi connectivity index (χ3v) is 6.40. The molecule has 154 valence electrons. The number of hydrogen-bond acceptors (Lipinski definition) is 6. The zero-order valence-corrected chi connectivity index (χ0v) is 18.3. The highest BCUT2D eigenvalue weighted by Gasteiger charge is 2.21. The van der Waals surface area contributed by atoms with Crippen molar-refractivity contribution in [2.24, 2.45) is 0 Å². The van der Waals surface area contributed by atoms with Crippen LogP contribution in [0.25, 0.3) is 15.9 Å². The van der Waals surface area contributed by atoms with Gasteiger partial charge in [0, 0.05) is 5.56 Å². The lowest BCUT2D eigenvalue weighted by Gasteiger charge is -2.06. The van der Waals surface area contributed by atoms with Crippen molar-refractivity contribution in [3.05, 3.63) is 73.9 Å². The van der Waals surface area contributed by atoms with Gasteiger partial charge >= 0.3 is 5.97 Å². The molecule has 0 aliphatic heterocycles. The van der Waals surface area contributed by atoms with E-state index in [-0.39, 0.29) is 18.7 Å². The molecule has 3 aromatic heterocycles. The van der Waals surface area contributed by atoms with E-state index in [0.29, 0.717) is 25.8 Å². The maximum atomic E-state index is 13.2. The van der Waals surface area contributed by atoms with E-state index in [0.717, 1.165) is 16.9 Å². The zero-order chi connectivity index (χ0) is 21.4. The van der Waals surface area contributed by atoms with E-state index in [2.05, 4.69) is 10.1 Å². The van der Waals surface area contributed by atoms with Crippen LogP contribution in [0.2, 0.25) is 5.15 Å². The Hall–Kier alpha value is -2.97. The first kappa shape index (κ1) is 20.3. The lowest BCUT2D eigenvalue weighted by Crippen LogP contribution is -2.21. The smallest absolute Gasteiger partial charge is 0.348 e. The minimum Gasteiger partial charge on any atom is -0.462 e. The van der Waals surface area contributed by atoms with Crippen molar-refractivity contribution in [2.75, 3.05) is 6.61 Å². The van der Waals surface area contributed by atoms with Crippen molar-refractivity contribution < 1.29 is 9.53 Å². The summed E-state index contributed by atoms with van der Waals surface area (Å²) in [5.74, 6) is -0.438. The lowest BCUT2D eigenvalue weighted by atomic mass is 10.2. The molecule has 0 saturated heterocycles. The predicted molar refractivity (Wildman–Crippen MR) is 117 cm³/mol. The molecule has 4 rings (SSSR count). The molecule has 0 atom stereocenters. The van der Waals surface area contributed by atoms with Crippen LogP contribution in [0.4, 0.5) is 0 Å². The highest BCUT2D eigenvalue weighted by Crippen LogP contribution is 2.28. The van der Waals surface area contributed by atoms with Crippen molar-refractivity contribution in [3.8, 4) is 5.69 Å². The highest BCUT2D eigenvalue weighted by molar-refractivity contribution is 7.20. The van der Waals surface area contributed by atoms with Crippen LogP contribution in [0.3, 0.4) is 0 Å². The summed E-state index contributed by atoms with van der Waals surface area (Å²) in [4.78, 5) is 30.6. The van der Waals surface area contributed by atoms with Crippen LogP contribution in [-0.4, -0.2) is 31.9 Å². The molecule has 0 unspecified atom stereocenters. The quantitative estimate of drug-likeness (QED) is 0.434. The van der Waals surface area contributed by atoms with Crippen LogP contribution in [0, 0.1) is 13.8 Å². The number of ether oxygens (including phenoxy) is 1. The van der Waals surface area contributed by atoms with Gasteiger partial charge in [0.2, 0.25) is 0 Å². The predicted octanol–water partition coefficient (Wildman–Crippen LogP) is 4.14. The van der Waals surface area contributed by atoms with Crippen molar-refractivity contribution in [1.82, 2.24) is 19.3 Å². The lowest BCUT2D eigenvalue weighted by molar-refractivity contribution is 0.0531. The number of aryl methyl sites for hydroxylation is 2. The van der Waals surface area contributed by atoms with Crippen LogP contribution in [0.15, 0.2) is 41.5 Å². The Bertz CT molecular complexity index is 1310. The van der Waals surface area contributed by atoms with E-state index in [1.54, 1.807) is 18.5 Å². The molecule has 0 fully saturated rings. The first-order valence-corrected chi connectivity index (χ1v) is 10.6. The highest BCUT2D eigenvalue weighted by atomic mass is 35.5. The number of benzene rings is 1. The van der Waals surface area contributed by atoms with Crippen molar-refractivity contribution in [2.45, 2.75) is 27.3 Å². The van der Waals surface area contributed by atoms with Crippen LogP contribution in [0.1, 0.15) is 33.4 Å². The van der Waals surface area contributed by atoms with E-state index in [1.807, 2.05) is 37.3 Å². The van der Waals surface area contributed by atoms with Gasteiger partial charge in [0.25, 0.3) is 5.56 Å². The first-order chi connectivity index (χ1) is 14.4. The van der Waals surface area contributed by atoms with Crippen molar-refractivity contribution in [1.29, 1.82) is 0 Å². The Morgan fingerprint density at radius 1 is 1.23 bits per heavy atom. The van der Waals surface area contributed by atoms with E-state index in [1.165, 1.54) is 22.2 Å². The molecule has 0 bridgehead atoms. The summed E-state index contributed by atoms with van der Waals surface area (Å²) >= 11 is 7.77. The summed E-state index contributed by atoms with van der Waals surface area (Å²) in [6.45, 7) is 5.83. The number of carbonyl (C=O) groups excluding carboxylic acids is 1. The molecule has 7 nitrogen and oxygen atoms in total. The maximum Gasteiger partial charge on any atom is 0.348 e. The molecule has 30 heavy (non-hydrogen) atoms. The molecule has 0 N–H and O–H groups in total. The molecule has 1 aromatic carbocycles. The molecular weight excluding hydrogens is 424 g/mol. The standard InChI is InChI=1S/C21H19ClN4O3S/c1-4-29-21(28)17-12(2)16-19(30-17)23-11-25(20(16)27)10-15-13(3)24-26(18(15)22)14-8-6-5-7-9-14/h5-9,11H,4,10H2,1-3H3. The molecule has 4 aromatic rings. The molecule has 0 aliphatic rings. The molecular formula is C21H19ClN4O3S. The number of nitrogens with zero attached hydrogens (tertiary/aromatic N) is 4. The number of rotatable bonds is 5. The van der Waals surface area contributed by atoms with E-state index < -0.39 is 5.97 Å². The van der Waals surface area contributed by atoms with E-state index >= 15 is 0 Å². The van der Waals surface area contributed by atoms with Gasteiger partial charge in [0.15, 0.2) is 0 Å². The Morgan fingerprint density at radius 3 is 2.67 bits per heavy atom. The number of para-hydroxylation sites is 1. The Morgan fingerprint density at radius 2 is 1.97 bits per heavy atom. The van der Waals surface area contributed by atoms with Gasteiger partial charge in [0.05, 0.1) is 36.2 Å². The number of fused-ring (bicyclic) bond motifs is 1. The summed E-state index contributed by atoms with van der Waals surface area (Å²) in [6.07, 6.45) is 1.48. The van der Waals surface area contributed by atoms with E-state index in [9.17, 15) is 9.59 Å². The second-order valence-electron chi connectivity index (χ2n) is 6.74. The summed E-state index contributed by atoms with van der Waals surface area (Å²) in [7, 11) is 0. The van der Waals surface area contributed by atoms with Gasteiger partial charge in [0.1, 0.15) is 14.9 Å². The number of thiophene rings is 1. The number of aromatic nitrogens is 4. The van der Waals surface area contributed by atoms with Crippen LogP contribution in [-0.2, 0) is 11.3 Å². The third kappa shape index (κ3) is 3.42. The molecule has 0 saturated carbocycles. The Labute approximate surface area is 181 Å². The van der Waals surface area contributed by atoms with Gasteiger partial charge in [-0.15, -0.1) is 11.3 Å². The van der Waals surface area contributed by atoms with Gasteiger partial charge in [-0.3, -0.25) is 9.36 Å². The molecule has 9 heteroatoms. The Kier molecular flexibility index (Phi) is 5.44. The summed E-state index contributed by atoms with van der Waals surface area (Å²) < 4.78 is 8.23. The van der Waals surface area contributed by atoms with E-state index in [4.69, 9.17) is 16.3 Å². The molecule has 0 radical (unpaired) electrons. The fraction of sp³-hybridized carbons (Fsp3) is 0.238. The largest absolute Gasteiger partial charge is 0.462 e. The fourth-order valence-corrected chi connectivity index (χ4v) is 4.65. The Balaban J connectivity index is 1.76. The fourth-order valence-electron chi connectivity index (χ4n) is 3.28. The monoisotopic (exact) mass is 442 g/mol. The molecule has 3 heterocycles. The van der Waals surface area contributed by atoms with Crippen molar-refractivity contribution >= 4 is 39.1 Å². The normalized spacial score (nSPS) is 11.2. The number of esters is 1. The van der Waals surface area contributed by atoms with Gasteiger partial charge in [-0.25, -0.2) is 14.5 Å². The summed E-state index contributed by atoms with van der Waals surface area (Å²) in [5, 5.41) is 5.39. The van der Waals surface area contributed by atoms with Crippen LogP contribution >= 0.6 is 22.9 Å². The number of hydrogen-bond donors (Lipinski definition) is 0. The summed E-state index contributed by atoms with van der Waals surface area (Å²) in [5.41, 5.74) is 2.66. The van der Waals surface area contributed by atoms with Crippen LogP contribution < -0.4 is 5.56 Å². The molecule has 0 aliphatic carbocycles. The average Bonchev–Trinajstić information content (AvgIpc) is 3.22. The molecule has 0 spiro atoms. The minimum atomic E-state index is -0.438. The second-order valence-corrected chi connectivity index (χ2v) is 8.09. The van der Waals surface area contributed by atoms with Gasteiger partial charge in [-0.1, -0.05) is 29.8 Å². The van der Waals surface area contributed by atoms with Gasteiger partial charge in [-0.2, -0.15) is 5.10 Å². The third-order valence-electron chi connectivity index (χ3n) is 4.83. The number of carbonyl (C=O) groups is 1. The topological polar surface area (TPSA) is 79.0 Å².